The average molecular weight is 454 g/mol. The summed E-state index contributed by atoms with van der Waals surface area (Å²) in [5.74, 6) is -1.25. The Morgan fingerprint density at radius 2 is 1.55 bits per heavy atom. The van der Waals surface area contributed by atoms with Gasteiger partial charge in [-0.25, -0.2) is 0 Å². The predicted molar refractivity (Wildman–Crippen MR) is 116 cm³/mol. The maximum atomic E-state index is 12.8. The van der Waals surface area contributed by atoms with Crippen LogP contribution in [0.15, 0.2) is 30.3 Å². The maximum Gasteiger partial charge on any atom is 0.312 e. The number of benzene rings is 1. The van der Waals surface area contributed by atoms with Crippen LogP contribution < -0.4 is 5.32 Å². The van der Waals surface area contributed by atoms with Gasteiger partial charge in [0.2, 0.25) is 0 Å². The van der Waals surface area contributed by atoms with E-state index < -0.39 is 11.8 Å². The highest BCUT2D eigenvalue weighted by molar-refractivity contribution is 7.17. The first-order valence-corrected chi connectivity index (χ1v) is 10.8. The van der Waals surface area contributed by atoms with Crippen molar-refractivity contribution in [2.45, 2.75) is 19.9 Å². The molecule has 0 radical (unpaired) electrons. The summed E-state index contributed by atoms with van der Waals surface area (Å²) in [6.45, 7) is 5.03. The Morgan fingerprint density at radius 1 is 0.966 bits per heavy atom. The number of piperazine rings is 1. The molecule has 0 spiro atoms. The van der Waals surface area contributed by atoms with Crippen LogP contribution in [0.1, 0.15) is 23.5 Å². The van der Waals surface area contributed by atoms with E-state index in [-0.39, 0.29) is 11.9 Å². The van der Waals surface area contributed by atoms with Crippen LogP contribution in [-0.2, 0) is 9.59 Å². The lowest BCUT2D eigenvalue weighted by Gasteiger charge is -2.34. The van der Waals surface area contributed by atoms with E-state index in [1.807, 2.05) is 6.07 Å². The molecule has 0 unspecified atom stereocenters. The largest absolute Gasteiger partial charge is 0.346 e. The van der Waals surface area contributed by atoms with E-state index in [0.29, 0.717) is 41.1 Å². The van der Waals surface area contributed by atoms with Crippen LogP contribution in [0, 0.1) is 0 Å². The molecule has 1 aliphatic heterocycles. The van der Waals surface area contributed by atoms with Crippen LogP contribution in [0.4, 0.5) is 0 Å². The molecule has 0 bridgehead atoms. The highest BCUT2D eigenvalue weighted by Crippen LogP contribution is 2.32. The van der Waals surface area contributed by atoms with Crippen molar-refractivity contribution in [3.05, 3.63) is 45.3 Å². The van der Waals surface area contributed by atoms with E-state index in [1.54, 1.807) is 43.0 Å². The fraction of sp³-hybridized carbons (Fsp3) is 0.350. The van der Waals surface area contributed by atoms with Crippen molar-refractivity contribution in [3.63, 3.8) is 0 Å². The van der Waals surface area contributed by atoms with Crippen molar-refractivity contribution in [1.29, 1.82) is 0 Å². The van der Waals surface area contributed by atoms with Crippen LogP contribution in [0.5, 0.6) is 0 Å². The minimum Gasteiger partial charge on any atom is -0.346 e. The van der Waals surface area contributed by atoms with Crippen LogP contribution >= 0.6 is 34.5 Å². The minimum atomic E-state index is -0.608. The predicted octanol–water partition coefficient (Wildman–Crippen LogP) is 3.53. The van der Waals surface area contributed by atoms with Crippen LogP contribution in [0.25, 0.3) is 10.4 Å². The molecule has 1 aromatic heterocycles. The first-order chi connectivity index (χ1) is 13.7. The van der Waals surface area contributed by atoms with Gasteiger partial charge in [-0.1, -0.05) is 23.2 Å². The SMILES string of the molecule is CC(C)NC(=O)C(=O)N1CCN(C(=O)c2ccc(-c3cc(Cl)cc(Cl)c3)s2)CC1. The second-order valence-electron chi connectivity index (χ2n) is 7.03. The lowest BCUT2D eigenvalue weighted by Crippen LogP contribution is -2.54. The summed E-state index contributed by atoms with van der Waals surface area (Å²) in [5.41, 5.74) is 0.859. The van der Waals surface area contributed by atoms with Gasteiger partial charge >= 0.3 is 11.8 Å². The number of hydrogen-bond acceptors (Lipinski definition) is 4. The summed E-state index contributed by atoms with van der Waals surface area (Å²) in [4.78, 5) is 41.6. The zero-order valence-corrected chi connectivity index (χ0v) is 18.4. The second-order valence-corrected chi connectivity index (χ2v) is 8.99. The Balaban J connectivity index is 1.62. The molecule has 2 heterocycles. The number of halogens is 2. The Bertz CT molecular complexity index is 917. The summed E-state index contributed by atoms with van der Waals surface area (Å²) < 4.78 is 0. The first-order valence-electron chi connectivity index (χ1n) is 9.20. The fourth-order valence-electron chi connectivity index (χ4n) is 3.04. The normalized spacial score (nSPS) is 14.2. The highest BCUT2D eigenvalue weighted by atomic mass is 35.5. The Labute approximate surface area is 183 Å². The average Bonchev–Trinajstić information content (AvgIpc) is 3.16. The van der Waals surface area contributed by atoms with Crippen LogP contribution in [0.3, 0.4) is 0 Å². The second kappa shape index (κ2) is 9.15. The molecule has 9 heteroatoms. The van der Waals surface area contributed by atoms with E-state index in [4.69, 9.17) is 23.2 Å². The van der Waals surface area contributed by atoms with Gasteiger partial charge in [0.05, 0.1) is 4.88 Å². The van der Waals surface area contributed by atoms with Crippen molar-refractivity contribution < 1.29 is 14.4 Å². The van der Waals surface area contributed by atoms with Crippen LogP contribution in [-0.4, -0.2) is 59.7 Å². The number of nitrogens with zero attached hydrogens (tertiary/aromatic N) is 2. The quantitative estimate of drug-likeness (QED) is 0.722. The van der Waals surface area contributed by atoms with Crippen LogP contribution in [0.2, 0.25) is 10.0 Å². The van der Waals surface area contributed by atoms with Gasteiger partial charge in [-0.15, -0.1) is 11.3 Å². The van der Waals surface area contributed by atoms with Gasteiger partial charge in [0.1, 0.15) is 0 Å². The molecular weight excluding hydrogens is 433 g/mol. The van der Waals surface area contributed by atoms with Crippen molar-refractivity contribution in [2.75, 3.05) is 26.2 Å². The summed E-state index contributed by atoms with van der Waals surface area (Å²) >= 11 is 13.5. The molecule has 0 aliphatic carbocycles. The van der Waals surface area contributed by atoms with E-state index in [1.165, 1.54) is 16.2 Å². The molecule has 1 aliphatic rings. The molecule has 154 valence electrons. The van der Waals surface area contributed by atoms with Crippen molar-refractivity contribution in [3.8, 4) is 10.4 Å². The number of carbonyl (C=O) groups is 3. The number of nitrogens with one attached hydrogen (secondary N) is 1. The number of carbonyl (C=O) groups excluding carboxylic acids is 3. The van der Waals surface area contributed by atoms with E-state index in [9.17, 15) is 14.4 Å². The van der Waals surface area contributed by atoms with Crippen molar-refractivity contribution in [2.24, 2.45) is 0 Å². The van der Waals surface area contributed by atoms with Gasteiger partial charge in [-0.05, 0) is 49.7 Å². The van der Waals surface area contributed by atoms with E-state index in [2.05, 4.69) is 5.32 Å². The number of amides is 3. The summed E-state index contributed by atoms with van der Waals surface area (Å²) in [6, 6.07) is 8.83. The number of thiophene rings is 1. The molecule has 3 amide bonds. The molecule has 1 N–H and O–H groups in total. The third-order valence-electron chi connectivity index (χ3n) is 4.43. The zero-order chi connectivity index (χ0) is 21.1. The molecule has 1 fully saturated rings. The fourth-order valence-corrected chi connectivity index (χ4v) is 4.53. The topological polar surface area (TPSA) is 69.7 Å². The van der Waals surface area contributed by atoms with Crippen molar-refractivity contribution in [1.82, 2.24) is 15.1 Å². The summed E-state index contributed by atoms with van der Waals surface area (Å²) in [5, 5.41) is 3.67. The van der Waals surface area contributed by atoms with Gasteiger partial charge in [-0.2, -0.15) is 0 Å². The zero-order valence-electron chi connectivity index (χ0n) is 16.1. The lowest BCUT2D eigenvalue weighted by atomic mass is 10.2. The molecular formula is C20H21Cl2N3O3S. The Kier molecular flexibility index (Phi) is 6.82. The third kappa shape index (κ3) is 5.29. The van der Waals surface area contributed by atoms with Gasteiger partial charge in [0.15, 0.2) is 0 Å². The minimum absolute atomic E-state index is 0.0897. The number of hydrogen-bond donors (Lipinski definition) is 1. The molecule has 0 saturated carbocycles. The van der Waals surface area contributed by atoms with Gasteiger partial charge in [-0.3, -0.25) is 14.4 Å². The molecule has 1 aromatic carbocycles. The van der Waals surface area contributed by atoms with Gasteiger partial charge in [0.25, 0.3) is 5.91 Å². The highest BCUT2D eigenvalue weighted by Gasteiger charge is 2.29. The molecule has 3 rings (SSSR count). The smallest absolute Gasteiger partial charge is 0.312 e. The monoisotopic (exact) mass is 453 g/mol. The van der Waals surface area contributed by atoms with E-state index >= 15 is 0 Å². The third-order valence-corrected chi connectivity index (χ3v) is 5.99. The Hall–Kier alpha value is -2.09. The molecule has 1 saturated heterocycles. The molecule has 0 atom stereocenters. The van der Waals surface area contributed by atoms with E-state index in [0.717, 1.165) is 10.4 Å². The standard InChI is InChI=1S/C20H21Cl2N3O3S/c1-12(2)23-18(26)20(28)25-7-5-24(6-8-25)19(27)17-4-3-16(29-17)13-9-14(21)11-15(22)10-13/h3-4,9-12H,5-8H2,1-2H3,(H,23,26). The van der Waals surface area contributed by atoms with Gasteiger partial charge in [0, 0.05) is 47.1 Å². The lowest BCUT2D eigenvalue weighted by molar-refractivity contribution is -0.147. The van der Waals surface area contributed by atoms with Crippen molar-refractivity contribution >= 4 is 52.3 Å². The molecule has 2 aromatic rings. The molecule has 6 nitrogen and oxygen atoms in total. The first kappa shape index (κ1) is 21.6. The Morgan fingerprint density at radius 3 is 2.14 bits per heavy atom. The number of rotatable bonds is 3. The molecule has 29 heavy (non-hydrogen) atoms. The maximum absolute atomic E-state index is 12.8. The summed E-state index contributed by atoms with van der Waals surface area (Å²) in [6.07, 6.45) is 0. The summed E-state index contributed by atoms with van der Waals surface area (Å²) in [7, 11) is 0. The van der Waals surface area contributed by atoms with Gasteiger partial charge < -0.3 is 15.1 Å².